The number of nitrogens with zero attached hydrogens (tertiary/aromatic N) is 3. The Morgan fingerprint density at radius 1 is 1.44 bits per heavy atom. The molecule has 0 radical (unpaired) electrons. The van der Waals surface area contributed by atoms with Crippen molar-refractivity contribution in [3.63, 3.8) is 0 Å². The van der Waals surface area contributed by atoms with Crippen molar-refractivity contribution in [3.05, 3.63) is 18.0 Å². The molecule has 0 aliphatic heterocycles. The Kier molecular flexibility index (Phi) is 5.78. The van der Waals surface area contributed by atoms with Crippen molar-refractivity contribution in [2.24, 2.45) is 5.41 Å². The van der Waals surface area contributed by atoms with Crippen LogP contribution in [0, 0.1) is 5.41 Å². The normalized spacial score (nSPS) is 12.3. The van der Waals surface area contributed by atoms with E-state index in [2.05, 4.69) is 43.3 Å². The molecule has 5 heteroatoms. The van der Waals surface area contributed by atoms with Gasteiger partial charge in [0, 0.05) is 31.4 Å². The summed E-state index contributed by atoms with van der Waals surface area (Å²) in [6.45, 7) is 8.06. The molecule has 0 spiro atoms. The lowest BCUT2D eigenvalue weighted by molar-refractivity contribution is 0.232. The van der Waals surface area contributed by atoms with E-state index in [4.69, 9.17) is 5.11 Å². The molecule has 2 N–H and O–H groups in total. The molecule has 0 aromatic carbocycles. The van der Waals surface area contributed by atoms with Gasteiger partial charge in [0.2, 0.25) is 0 Å². The molecule has 0 saturated heterocycles. The molecule has 104 valence electrons. The molecule has 5 nitrogen and oxygen atoms in total. The molecule has 0 aliphatic carbocycles. The molecule has 1 aromatic rings. The quantitative estimate of drug-likeness (QED) is 0.711. The first kappa shape index (κ1) is 15.1. The lowest BCUT2D eigenvalue weighted by Crippen LogP contribution is -2.37. The van der Waals surface area contributed by atoms with Gasteiger partial charge >= 0.3 is 0 Å². The third-order valence-corrected chi connectivity index (χ3v) is 2.69. The van der Waals surface area contributed by atoms with Crippen LogP contribution in [0.25, 0.3) is 0 Å². The van der Waals surface area contributed by atoms with Gasteiger partial charge in [0.05, 0.1) is 19.3 Å². The maximum atomic E-state index is 8.81. The Hall–Kier alpha value is -0.910. The van der Waals surface area contributed by atoms with Crippen LogP contribution in [0.1, 0.15) is 19.4 Å². The van der Waals surface area contributed by atoms with Crippen LogP contribution in [0.2, 0.25) is 0 Å². The largest absolute Gasteiger partial charge is 0.394 e. The van der Waals surface area contributed by atoms with Crippen LogP contribution >= 0.6 is 0 Å². The van der Waals surface area contributed by atoms with Crippen LogP contribution < -0.4 is 5.32 Å². The highest BCUT2D eigenvalue weighted by Gasteiger charge is 2.18. The zero-order chi connectivity index (χ0) is 13.6. The van der Waals surface area contributed by atoms with E-state index in [9.17, 15) is 0 Å². The molecule has 18 heavy (non-hydrogen) atoms. The van der Waals surface area contributed by atoms with Crippen molar-refractivity contribution in [1.29, 1.82) is 0 Å². The van der Waals surface area contributed by atoms with Gasteiger partial charge in [-0.05, 0) is 19.5 Å². The third kappa shape index (κ3) is 5.62. The fraction of sp³-hybridized carbons (Fsp3) is 0.769. The van der Waals surface area contributed by atoms with Crippen LogP contribution in [0.15, 0.2) is 12.4 Å². The molecule has 0 saturated carbocycles. The monoisotopic (exact) mass is 254 g/mol. The standard InChI is InChI=1S/C13H26N4O/c1-13(2,11-16(3)4)10-14-7-12-8-15-17(9-12)5-6-18/h8-9,14,18H,5-7,10-11H2,1-4H3. The molecule has 0 amide bonds. The maximum Gasteiger partial charge on any atom is 0.0640 e. The van der Waals surface area contributed by atoms with Gasteiger partial charge in [0.25, 0.3) is 0 Å². The summed E-state index contributed by atoms with van der Waals surface area (Å²) in [5, 5.41) is 16.5. The van der Waals surface area contributed by atoms with Crippen LogP contribution in [0.4, 0.5) is 0 Å². The molecule has 0 aliphatic rings. The molecular weight excluding hydrogens is 228 g/mol. The molecular formula is C13H26N4O. The molecule has 0 unspecified atom stereocenters. The highest BCUT2D eigenvalue weighted by Crippen LogP contribution is 2.14. The van der Waals surface area contributed by atoms with Crippen LogP contribution in [0.5, 0.6) is 0 Å². The predicted molar refractivity (Wildman–Crippen MR) is 73.4 cm³/mol. The van der Waals surface area contributed by atoms with Crippen molar-refractivity contribution in [2.45, 2.75) is 26.9 Å². The number of nitrogens with one attached hydrogen (secondary N) is 1. The second-order valence-corrected chi connectivity index (χ2v) is 5.84. The predicted octanol–water partition coefficient (Wildman–Crippen LogP) is 0.553. The summed E-state index contributed by atoms with van der Waals surface area (Å²) >= 11 is 0. The lowest BCUT2D eigenvalue weighted by Gasteiger charge is -2.28. The van der Waals surface area contributed by atoms with Gasteiger partial charge in [-0.3, -0.25) is 4.68 Å². The average Bonchev–Trinajstić information content (AvgIpc) is 2.64. The molecule has 0 atom stereocenters. The Bertz CT molecular complexity index is 347. The van der Waals surface area contributed by atoms with Crippen LogP contribution in [0.3, 0.4) is 0 Å². The van der Waals surface area contributed by atoms with E-state index in [0.29, 0.717) is 6.54 Å². The summed E-state index contributed by atoms with van der Waals surface area (Å²) in [7, 11) is 4.20. The second-order valence-electron chi connectivity index (χ2n) is 5.84. The first-order chi connectivity index (χ1) is 8.43. The van der Waals surface area contributed by atoms with Gasteiger partial charge in [-0.2, -0.15) is 5.10 Å². The van der Waals surface area contributed by atoms with E-state index in [1.807, 2.05) is 12.4 Å². The summed E-state index contributed by atoms with van der Waals surface area (Å²) in [6, 6.07) is 0. The Morgan fingerprint density at radius 3 is 2.78 bits per heavy atom. The third-order valence-electron chi connectivity index (χ3n) is 2.69. The van der Waals surface area contributed by atoms with Gasteiger partial charge in [-0.15, -0.1) is 0 Å². The van der Waals surface area contributed by atoms with E-state index in [0.717, 1.165) is 25.2 Å². The van der Waals surface area contributed by atoms with E-state index in [1.165, 1.54) is 0 Å². The number of hydrogen-bond donors (Lipinski definition) is 2. The van der Waals surface area contributed by atoms with E-state index in [-0.39, 0.29) is 12.0 Å². The van der Waals surface area contributed by atoms with E-state index in [1.54, 1.807) is 4.68 Å². The summed E-state index contributed by atoms with van der Waals surface area (Å²) < 4.78 is 1.77. The Morgan fingerprint density at radius 2 is 2.17 bits per heavy atom. The molecule has 1 heterocycles. The first-order valence-electron chi connectivity index (χ1n) is 6.40. The summed E-state index contributed by atoms with van der Waals surface area (Å²) in [5.74, 6) is 0. The fourth-order valence-electron chi connectivity index (χ4n) is 2.18. The fourth-order valence-corrected chi connectivity index (χ4v) is 2.18. The Balaban J connectivity index is 2.32. The van der Waals surface area contributed by atoms with Crippen molar-refractivity contribution in [2.75, 3.05) is 33.8 Å². The van der Waals surface area contributed by atoms with Gasteiger partial charge in [-0.1, -0.05) is 13.8 Å². The van der Waals surface area contributed by atoms with E-state index < -0.39 is 0 Å². The number of aromatic nitrogens is 2. The zero-order valence-electron chi connectivity index (χ0n) is 12.0. The maximum absolute atomic E-state index is 8.81. The average molecular weight is 254 g/mol. The first-order valence-corrected chi connectivity index (χ1v) is 6.40. The highest BCUT2D eigenvalue weighted by atomic mass is 16.3. The second kappa shape index (κ2) is 6.87. The molecule has 0 bridgehead atoms. The lowest BCUT2D eigenvalue weighted by atomic mass is 9.93. The summed E-state index contributed by atoms with van der Waals surface area (Å²) in [6.07, 6.45) is 3.82. The smallest absolute Gasteiger partial charge is 0.0640 e. The van der Waals surface area contributed by atoms with Gasteiger partial charge in [-0.25, -0.2) is 0 Å². The van der Waals surface area contributed by atoms with Gasteiger partial charge < -0.3 is 15.3 Å². The zero-order valence-corrected chi connectivity index (χ0v) is 12.0. The minimum atomic E-state index is 0.129. The van der Waals surface area contributed by atoms with Crippen molar-refractivity contribution in [3.8, 4) is 0 Å². The topological polar surface area (TPSA) is 53.3 Å². The minimum Gasteiger partial charge on any atom is -0.394 e. The van der Waals surface area contributed by atoms with Crippen molar-refractivity contribution >= 4 is 0 Å². The minimum absolute atomic E-state index is 0.129. The van der Waals surface area contributed by atoms with Crippen LogP contribution in [-0.2, 0) is 13.1 Å². The summed E-state index contributed by atoms with van der Waals surface area (Å²) in [4.78, 5) is 2.21. The van der Waals surface area contributed by atoms with Gasteiger partial charge in [0.1, 0.15) is 0 Å². The molecule has 1 aromatic heterocycles. The number of aliphatic hydroxyl groups excluding tert-OH is 1. The number of rotatable bonds is 8. The summed E-state index contributed by atoms with van der Waals surface area (Å²) in [5.41, 5.74) is 1.41. The van der Waals surface area contributed by atoms with E-state index >= 15 is 0 Å². The van der Waals surface area contributed by atoms with Crippen LogP contribution in [-0.4, -0.2) is 53.6 Å². The molecule has 0 fully saturated rings. The van der Waals surface area contributed by atoms with Crippen molar-refractivity contribution in [1.82, 2.24) is 20.0 Å². The highest BCUT2D eigenvalue weighted by molar-refractivity contribution is 5.03. The van der Waals surface area contributed by atoms with Crippen molar-refractivity contribution < 1.29 is 5.11 Å². The number of hydrogen-bond acceptors (Lipinski definition) is 4. The SMILES string of the molecule is CN(C)CC(C)(C)CNCc1cnn(CCO)c1. The Labute approximate surface area is 110 Å². The van der Waals surface area contributed by atoms with Gasteiger partial charge in [0.15, 0.2) is 0 Å². The number of aliphatic hydroxyl groups is 1. The molecule has 1 rings (SSSR count).